The van der Waals surface area contributed by atoms with E-state index < -0.39 is 0 Å². The van der Waals surface area contributed by atoms with Gasteiger partial charge in [-0.3, -0.25) is 0 Å². The summed E-state index contributed by atoms with van der Waals surface area (Å²) < 4.78 is 0. The number of rotatable bonds is 6. The van der Waals surface area contributed by atoms with Gasteiger partial charge >= 0.3 is 0 Å². The largest absolute Gasteiger partial charge is 0.0839 e. The van der Waals surface area contributed by atoms with Crippen molar-refractivity contribution in [3.63, 3.8) is 0 Å². The Labute approximate surface area is 384 Å². The van der Waals surface area contributed by atoms with E-state index in [9.17, 15) is 0 Å². The molecule has 64 heavy (non-hydrogen) atoms. The molecule has 5 unspecified atom stereocenters. The van der Waals surface area contributed by atoms with Gasteiger partial charge in [0.25, 0.3) is 0 Å². The van der Waals surface area contributed by atoms with Gasteiger partial charge in [-0.05, 0) is 204 Å². The van der Waals surface area contributed by atoms with E-state index >= 15 is 0 Å². The highest BCUT2D eigenvalue weighted by Gasteiger charge is 2.55. The van der Waals surface area contributed by atoms with E-state index in [4.69, 9.17) is 0 Å². The molecule has 0 aromatic heterocycles. The number of allylic oxidation sites excluding steroid dienone is 36. The molecule has 13 aliphatic rings. The Hall–Kier alpha value is -4.68. The van der Waals surface area contributed by atoms with Gasteiger partial charge in [-0.1, -0.05) is 160 Å². The Kier molecular flexibility index (Phi) is 9.09. The molecule has 1 fully saturated rings. The quantitative estimate of drug-likeness (QED) is 0.250. The molecule has 0 bridgehead atoms. The second kappa shape index (κ2) is 14.7. The summed E-state index contributed by atoms with van der Waals surface area (Å²) in [6, 6.07) is 0. The average Bonchev–Trinajstić information content (AvgIpc) is 3.96. The molecule has 0 N–H and O–H groups in total. The van der Waals surface area contributed by atoms with Crippen LogP contribution in [0.1, 0.15) is 130 Å². The summed E-state index contributed by atoms with van der Waals surface area (Å²) in [6.45, 7) is 10.1. The molecular weight excluding hydrogens is 769 g/mol. The van der Waals surface area contributed by atoms with Crippen LogP contribution < -0.4 is 0 Å². The first-order chi connectivity index (χ1) is 31.2. The van der Waals surface area contributed by atoms with E-state index in [1.54, 1.807) is 94.7 Å². The van der Waals surface area contributed by atoms with E-state index in [0.717, 1.165) is 6.42 Å². The predicted molar refractivity (Wildman–Crippen MR) is 268 cm³/mol. The predicted octanol–water partition coefficient (Wildman–Crippen LogP) is 16.8. The zero-order valence-electron chi connectivity index (χ0n) is 39.2. The average molecular weight is 837 g/mol. The van der Waals surface area contributed by atoms with Gasteiger partial charge in [-0.25, -0.2) is 0 Å². The molecule has 1 spiro atoms. The SMILES string of the molecule is CC1(C)C2=CC(CC(CC3=CC=C(C4=CC5=C(CC4)C4=C(C=CCC4)C54C5=C(CCC=C5)C5=C4C=CCC5)CC3)C3=CC4C(C=C3)C3=C(CCC=C3)C4(C)C)CC=C2C2CC=CC=C21. The highest BCUT2D eigenvalue weighted by molar-refractivity contribution is 5.80. The topological polar surface area (TPSA) is 0 Å². The van der Waals surface area contributed by atoms with E-state index in [1.807, 2.05) is 0 Å². The maximum Gasteiger partial charge on any atom is 0.0712 e. The Balaban J connectivity index is 0.829. The maximum atomic E-state index is 2.79. The first kappa shape index (κ1) is 39.7. The summed E-state index contributed by atoms with van der Waals surface area (Å²) in [7, 11) is 0. The van der Waals surface area contributed by atoms with Crippen molar-refractivity contribution >= 4 is 0 Å². The molecule has 0 heterocycles. The second-order valence-electron chi connectivity index (χ2n) is 22.8. The van der Waals surface area contributed by atoms with Crippen LogP contribution in [0.3, 0.4) is 0 Å². The van der Waals surface area contributed by atoms with Crippen LogP contribution in [0, 0.1) is 45.8 Å². The summed E-state index contributed by atoms with van der Waals surface area (Å²) in [4.78, 5) is 0. The van der Waals surface area contributed by atoms with Crippen LogP contribution in [-0.4, -0.2) is 0 Å². The number of hydrogen-bond donors (Lipinski definition) is 0. The van der Waals surface area contributed by atoms with E-state index in [-0.39, 0.29) is 16.2 Å². The lowest BCUT2D eigenvalue weighted by Crippen LogP contribution is -2.27. The van der Waals surface area contributed by atoms with Crippen molar-refractivity contribution in [1.82, 2.24) is 0 Å². The standard InChI is InChI=1S/C64H68/c1-62(2)54-20-10-5-15-46(54)51-32-27-41(37-59(51)62)36-45(44-31-33-52-47-16-6-11-21-55(47)63(3,4)60(52)38-44)35-40-25-28-42(29-26-40)43-30-34-53-50-19-9-14-24-58(50)64(61(53)39-43)56-22-12-7-17-48(56)49-18-8-13-23-57(49)64/h5-6,10,12-14,16,20,22-25,28,31-33,37-39,41,45-46,52,60H,7-9,11,15,17-19,21,26-27,29-30,34-36H2,1-4H3. The summed E-state index contributed by atoms with van der Waals surface area (Å²) in [5, 5.41) is 0. The first-order valence-corrected chi connectivity index (χ1v) is 25.9. The van der Waals surface area contributed by atoms with Gasteiger partial charge in [0.1, 0.15) is 0 Å². The summed E-state index contributed by atoms with van der Waals surface area (Å²) >= 11 is 0. The normalized spacial score (nSPS) is 32.2. The fourth-order valence-corrected chi connectivity index (χ4v) is 16.0. The molecule has 0 radical (unpaired) electrons. The molecule has 13 rings (SSSR count). The van der Waals surface area contributed by atoms with Gasteiger partial charge < -0.3 is 0 Å². The van der Waals surface area contributed by atoms with Crippen molar-refractivity contribution in [2.45, 2.75) is 130 Å². The van der Waals surface area contributed by atoms with Crippen LogP contribution in [-0.2, 0) is 0 Å². The number of hydrogen-bond acceptors (Lipinski definition) is 0. The third-order valence-electron chi connectivity index (χ3n) is 19.1. The molecule has 0 nitrogen and oxygen atoms in total. The molecular formula is C64H68. The number of fused-ring (bicyclic) bond motifs is 11. The minimum absolute atomic E-state index is 0.0989. The smallest absolute Gasteiger partial charge is 0.0712 e. The summed E-state index contributed by atoms with van der Waals surface area (Å²) in [5.74, 6) is 2.78. The Morgan fingerprint density at radius 3 is 2.03 bits per heavy atom. The fraction of sp³-hybridized carbons (Fsp3) is 0.438. The molecule has 13 aliphatic carbocycles. The zero-order valence-corrected chi connectivity index (χ0v) is 39.2. The van der Waals surface area contributed by atoms with Gasteiger partial charge in [-0.15, -0.1) is 0 Å². The molecule has 5 atom stereocenters. The molecule has 324 valence electrons. The second-order valence-corrected chi connectivity index (χ2v) is 22.8. The van der Waals surface area contributed by atoms with Crippen LogP contribution in [0.5, 0.6) is 0 Å². The molecule has 0 amide bonds. The minimum atomic E-state index is -0.0989. The molecule has 0 aromatic carbocycles. The third-order valence-corrected chi connectivity index (χ3v) is 19.1. The zero-order chi connectivity index (χ0) is 43.0. The van der Waals surface area contributed by atoms with Gasteiger partial charge in [0.15, 0.2) is 0 Å². The molecule has 1 saturated carbocycles. The third kappa shape index (κ3) is 5.65. The van der Waals surface area contributed by atoms with Crippen LogP contribution in [0.25, 0.3) is 0 Å². The summed E-state index contributed by atoms with van der Waals surface area (Å²) in [5.41, 5.74) is 28.3. The Morgan fingerprint density at radius 1 is 0.625 bits per heavy atom. The summed E-state index contributed by atoms with van der Waals surface area (Å²) in [6.07, 6.45) is 67.6. The molecule has 0 aliphatic heterocycles. The fourth-order valence-electron chi connectivity index (χ4n) is 16.0. The van der Waals surface area contributed by atoms with Gasteiger partial charge in [0.2, 0.25) is 0 Å². The van der Waals surface area contributed by atoms with Crippen molar-refractivity contribution in [1.29, 1.82) is 0 Å². The van der Waals surface area contributed by atoms with Gasteiger partial charge in [-0.2, -0.15) is 0 Å². The molecule has 0 aromatic rings. The lowest BCUT2D eigenvalue weighted by molar-refractivity contribution is 0.305. The highest BCUT2D eigenvalue weighted by Crippen LogP contribution is 2.68. The lowest BCUT2D eigenvalue weighted by atomic mass is 9.64. The van der Waals surface area contributed by atoms with Crippen molar-refractivity contribution < 1.29 is 0 Å². The highest BCUT2D eigenvalue weighted by atomic mass is 14.6. The Morgan fingerprint density at radius 2 is 1.31 bits per heavy atom. The van der Waals surface area contributed by atoms with Crippen molar-refractivity contribution in [2.75, 3.05) is 0 Å². The monoisotopic (exact) mass is 837 g/mol. The van der Waals surface area contributed by atoms with Crippen molar-refractivity contribution in [2.24, 2.45) is 45.8 Å². The first-order valence-electron chi connectivity index (χ1n) is 25.9. The van der Waals surface area contributed by atoms with Crippen LogP contribution in [0.15, 0.2) is 210 Å². The van der Waals surface area contributed by atoms with Crippen molar-refractivity contribution in [3.05, 3.63) is 210 Å². The van der Waals surface area contributed by atoms with E-state index in [0.29, 0.717) is 29.6 Å². The van der Waals surface area contributed by atoms with Crippen LogP contribution in [0.2, 0.25) is 0 Å². The Bertz CT molecular complexity index is 2710. The van der Waals surface area contributed by atoms with Gasteiger partial charge in [0.05, 0.1) is 5.41 Å². The van der Waals surface area contributed by atoms with Gasteiger partial charge in [0, 0.05) is 17.3 Å². The maximum absolute atomic E-state index is 2.79. The van der Waals surface area contributed by atoms with E-state index in [1.165, 1.54) is 96.3 Å². The minimum Gasteiger partial charge on any atom is -0.0839 e. The lowest BCUT2D eigenvalue weighted by Gasteiger charge is -2.37. The molecule has 0 saturated heterocycles. The van der Waals surface area contributed by atoms with Crippen LogP contribution in [0.4, 0.5) is 0 Å². The van der Waals surface area contributed by atoms with Crippen molar-refractivity contribution in [3.8, 4) is 0 Å². The van der Waals surface area contributed by atoms with Crippen LogP contribution >= 0.6 is 0 Å². The molecule has 0 heteroatoms. The van der Waals surface area contributed by atoms with E-state index in [2.05, 4.69) is 143 Å².